The molecule has 2 aliphatic carbocycles. The van der Waals surface area contributed by atoms with Gasteiger partial charge in [0.05, 0.1) is 0 Å². The Kier molecular flexibility index (Phi) is 18.4. The second-order valence-corrected chi connectivity index (χ2v) is 15.5. The standard InChI is InChI=1S/C40H56.CHCl3/c1-31(19-13-21-33(3)25-27-37-35(5)23-15-29-39(37,7)8)17-11-12-18-32(2)20-14-22-34(4)26-28-38-36(6)24-16-30-40(38,9)10;2-1(3)4/h11-14,17-22,25-28H,15-16,23-24,29-30H2,1-10H3;1H/b12-11+,19-13+,20-14+,27-25+,28-26+,31-17+,32-18+,33-21+,34-22+;. The summed E-state index contributed by atoms with van der Waals surface area (Å²) in [5, 5.41) is 0. The molecule has 0 fully saturated rings. The Bertz CT molecular complexity index is 1180. The summed E-state index contributed by atoms with van der Waals surface area (Å²) < 4.78 is -0.750. The second-order valence-electron chi connectivity index (χ2n) is 13.5. The number of allylic oxidation sites excluding steroid dienone is 22. The highest BCUT2D eigenvalue weighted by molar-refractivity contribution is 6.63. The maximum Gasteiger partial charge on any atom is 0.180 e. The van der Waals surface area contributed by atoms with E-state index in [1.54, 1.807) is 11.1 Å². The van der Waals surface area contributed by atoms with Gasteiger partial charge in [-0.2, -0.15) is 0 Å². The third kappa shape index (κ3) is 16.4. The van der Waals surface area contributed by atoms with Crippen molar-refractivity contribution in [3.05, 3.63) is 130 Å². The first kappa shape index (κ1) is 40.0. The lowest BCUT2D eigenvalue weighted by Gasteiger charge is -2.33. The molecule has 2 aliphatic rings. The fraction of sp³-hybridized carbons (Fsp3) is 0.463. The van der Waals surface area contributed by atoms with Gasteiger partial charge in [0.2, 0.25) is 0 Å². The van der Waals surface area contributed by atoms with E-state index in [0.29, 0.717) is 10.8 Å². The maximum absolute atomic E-state index is 4.81. The van der Waals surface area contributed by atoms with Gasteiger partial charge in [-0.15, -0.1) is 0 Å². The highest BCUT2D eigenvalue weighted by atomic mass is 35.6. The van der Waals surface area contributed by atoms with Gasteiger partial charge in [-0.3, -0.25) is 0 Å². The molecule has 0 heterocycles. The van der Waals surface area contributed by atoms with Gasteiger partial charge in [-0.25, -0.2) is 0 Å². The lowest BCUT2D eigenvalue weighted by Crippen LogP contribution is -2.19. The number of hydrogen-bond donors (Lipinski definition) is 0. The van der Waals surface area contributed by atoms with Crippen molar-refractivity contribution in [1.82, 2.24) is 0 Å². The summed E-state index contributed by atoms with van der Waals surface area (Å²) in [6.45, 7) is 22.7. The molecule has 0 aromatic heterocycles. The minimum absolute atomic E-state index is 0.291. The topological polar surface area (TPSA) is 0 Å². The molecule has 0 spiro atoms. The summed E-state index contributed by atoms with van der Waals surface area (Å²) in [6, 6.07) is 0. The van der Waals surface area contributed by atoms with Crippen LogP contribution in [0.4, 0.5) is 0 Å². The molecule has 0 N–H and O–H groups in total. The summed E-state index contributed by atoms with van der Waals surface area (Å²) in [5.41, 5.74) is 11.7. The molecule has 0 atom stereocenters. The van der Waals surface area contributed by atoms with Crippen LogP contribution in [0.15, 0.2) is 130 Å². The van der Waals surface area contributed by atoms with Crippen molar-refractivity contribution >= 4 is 34.8 Å². The van der Waals surface area contributed by atoms with Crippen LogP contribution in [0.5, 0.6) is 0 Å². The first-order valence-electron chi connectivity index (χ1n) is 16.0. The normalized spacial score (nSPS) is 20.8. The lowest BCUT2D eigenvalue weighted by molar-refractivity contribution is 0.376. The van der Waals surface area contributed by atoms with Crippen molar-refractivity contribution in [2.45, 2.75) is 112 Å². The van der Waals surface area contributed by atoms with E-state index in [9.17, 15) is 0 Å². The average Bonchev–Trinajstić information content (AvgIpc) is 2.89. The minimum Gasteiger partial charge on any atom is -0.0874 e. The Morgan fingerprint density at radius 2 is 0.841 bits per heavy atom. The highest BCUT2D eigenvalue weighted by Crippen LogP contribution is 2.41. The van der Waals surface area contributed by atoms with Crippen LogP contribution in [-0.4, -0.2) is 4.30 Å². The highest BCUT2D eigenvalue weighted by Gasteiger charge is 2.27. The lowest BCUT2D eigenvalue weighted by atomic mass is 9.72. The van der Waals surface area contributed by atoms with Crippen molar-refractivity contribution < 1.29 is 0 Å². The molecule has 0 aromatic rings. The minimum atomic E-state index is -0.750. The molecule has 3 heteroatoms. The predicted molar refractivity (Wildman–Crippen MR) is 203 cm³/mol. The van der Waals surface area contributed by atoms with Crippen molar-refractivity contribution in [3.63, 3.8) is 0 Å². The first-order valence-corrected chi connectivity index (χ1v) is 17.3. The molecule has 242 valence electrons. The molecule has 0 aliphatic heterocycles. The summed E-state index contributed by atoms with van der Waals surface area (Å²) in [4.78, 5) is 0. The fourth-order valence-electron chi connectivity index (χ4n) is 5.79. The molecule has 2 rings (SSSR count). The van der Waals surface area contributed by atoms with Gasteiger partial charge in [-0.1, -0.05) is 181 Å². The van der Waals surface area contributed by atoms with Gasteiger partial charge in [0.1, 0.15) is 0 Å². The van der Waals surface area contributed by atoms with Crippen LogP contribution < -0.4 is 0 Å². The monoisotopic (exact) mass is 654 g/mol. The summed E-state index contributed by atoms with van der Waals surface area (Å²) in [5.74, 6) is 0. The van der Waals surface area contributed by atoms with Crippen LogP contribution in [0.1, 0.15) is 108 Å². The van der Waals surface area contributed by atoms with E-state index in [1.807, 2.05) is 0 Å². The maximum atomic E-state index is 4.81. The summed E-state index contributed by atoms with van der Waals surface area (Å²) in [6.07, 6.45) is 38.4. The Hall–Kier alpha value is -1.99. The van der Waals surface area contributed by atoms with Crippen LogP contribution in [-0.2, 0) is 0 Å². The number of hydrogen-bond acceptors (Lipinski definition) is 0. The van der Waals surface area contributed by atoms with E-state index in [-0.39, 0.29) is 0 Å². The van der Waals surface area contributed by atoms with Crippen LogP contribution in [0, 0.1) is 10.8 Å². The largest absolute Gasteiger partial charge is 0.180 e. The molecule has 0 bridgehead atoms. The Morgan fingerprint density at radius 1 is 0.545 bits per heavy atom. The van der Waals surface area contributed by atoms with Crippen molar-refractivity contribution in [2.75, 3.05) is 0 Å². The molecule has 0 nitrogen and oxygen atoms in total. The van der Waals surface area contributed by atoms with Crippen LogP contribution in [0.25, 0.3) is 0 Å². The molecular weight excluding hydrogens is 599 g/mol. The van der Waals surface area contributed by atoms with E-state index in [0.717, 1.165) is 0 Å². The van der Waals surface area contributed by atoms with Crippen LogP contribution in [0.3, 0.4) is 0 Å². The molecule has 44 heavy (non-hydrogen) atoms. The van der Waals surface area contributed by atoms with Gasteiger partial charge in [0, 0.05) is 0 Å². The zero-order chi connectivity index (χ0) is 33.3. The Labute approximate surface area is 286 Å². The fourth-order valence-corrected chi connectivity index (χ4v) is 5.79. The number of rotatable bonds is 10. The second kappa shape index (κ2) is 20.2. The zero-order valence-electron chi connectivity index (χ0n) is 29.0. The molecule has 0 radical (unpaired) electrons. The quantitative estimate of drug-likeness (QED) is 0.162. The third-order valence-electron chi connectivity index (χ3n) is 8.38. The van der Waals surface area contributed by atoms with Crippen molar-refractivity contribution in [1.29, 1.82) is 0 Å². The first-order chi connectivity index (χ1) is 20.5. The van der Waals surface area contributed by atoms with Gasteiger partial charge in [0.25, 0.3) is 0 Å². The molecular formula is C41H57Cl3. The van der Waals surface area contributed by atoms with Gasteiger partial charge in [0.15, 0.2) is 4.30 Å². The van der Waals surface area contributed by atoms with Crippen molar-refractivity contribution in [2.24, 2.45) is 10.8 Å². The molecule has 0 saturated carbocycles. The zero-order valence-corrected chi connectivity index (χ0v) is 31.3. The van der Waals surface area contributed by atoms with Crippen LogP contribution in [0.2, 0.25) is 0 Å². The average molecular weight is 656 g/mol. The van der Waals surface area contributed by atoms with E-state index < -0.39 is 4.30 Å². The molecule has 0 saturated heterocycles. The third-order valence-corrected chi connectivity index (χ3v) is 8.38. The van der Waals surface area contributed by atoms with Crippen LogP contribution >= 0.6 is 34.8 Å². The molecule has 0 amide bonds. The van der Waals surface area contributed by atoms with Gasteiger partial charge >= 0.3 is 0 Å². The number of alkyl halides is 3. The Morgan fingerprint density at radius 3 is 1.16 bits per heavy atom. The van der Waals surface area contributed by atoms with Gasteiger partial charge in [-0.05, 0) is 102 Å². The van der Waals surface area contributed by atoms with E-state index in [4.69, 9.17) is 34.8 Å². The van der Waals surface area contributed by atoms with E-state index in [1.165, 1.54) is 72.0 Å². The van der Waals surface area contributed by atoms with Crippen molar-refractivity contribution in [3.8, 4) is 0 Å². The molecule has 0 unspecified atom stereocenters. The summed E-state index contributed by atoms with van der Waals surface area (Å²) >= 11 is 14.4. The SMILES string of the molecule is CC1=C(/C=C/C(C)=C/C=C/C(C)=C/C=C/C=C(C)/C=C/C=C(C)/C=C/C2=C(C)CCCC2(C)C)C(C)(C)CCC1.ClC(Cl)Cl. The molecule has 0 aromatic carbocycles. The number of halogens is 3. The van der Waals surface area contributed by atoms with E-state index in [2.05, 4.69) is 154 Å². The predicted octanol–water partition coefficient (Wildman–Crippen LogP) is 14.6. The smallest absolute Gasteiger partial charge is 0.0874 e. The Balaban J connectivity index is 0.00000227. The summed E-state index contributed by atoms with van der Waals surface area (Å²) in [7, 11) is 0. The van der Waals surface area contributed by atoms with Gasteiger partial charge < -0.3 is 0 Å². The van der Waals surface area contributed by atoms with E-state index >= 15 is 0 Å².